The van der Waals surface area contributed by atoms with Crippen molar-refractivity contribution in [3.8, 4) is 0 Å². The highest BCUT2D eigenvalue weighted by atomic mass is 32.1. The predicted molar refractivity (Wildman–Crippen MR) is 56.4 cm³/mol. The number of rotatable bonds is 2. The van der Waals surface area contributed by atoms with Gasteiger partial charge in [0.05, 0.1) is 6.10 Å². The Labute approximate surface area is 88.7 Å². The van der Waals surface area contributed by atoms with E-state index >= 15 is 0 Å². The molecular weight excluding hydrogens is 199 g/mol. The minimum absolute atomic E-state index is 0.171. The van der Waals surface area contributed by atoms with Gasteiger partial charge < -0.3 is 4.74 Å². The van der Waals surface area contributed by atoms with Crippen molar-refractivity contribution in [3.63, 3.8) is 0 Å². The van der Waals surface area contributed by atoms with Gasteiger partial charge in [-0.1, -0.05) is 12.1 Å². The maximum absolute atomic E-state index is 13.6. The summed E-state index contributed by atoms with van der Waals surface area (Å²) < 4.78 is 18.8. The van der Waals surface area contributed by atoms with Crippen LogP contribution in [-0.4, -0.2) is 13.2 Å². The van der Waals surface area contributed by atoms with Crippen LogP contribution in [0.2, 0.25) is 0 Å². The minimum Gasteiger partial charge on any atom is -0.381 e. The van der Waals surface area contributed by atoms with Gasteiger partial charge in [0.1, 0.15) is 5.82 Å². The normalized spacial score (nSPS) is 25.9. The van der Waals surface area contributed by atoms with Crippen LogP contribution in [0.3, 0.4) is 0 Å². The minimum atomic E-state index is -0.171. The SMILES string of the molecule is COC1CC(c2cccc(S)c2F)C1. The van der Waals surface area contributed by atoms with Crippen LogP contribution >= 0.6 is 12.6 Å². The molecule has 1 saturated carbocycles. The van der Waals surface area contributed by atoms with Crippen LogP contribution in [0.5, 0.6) is 0 Å². The number of methoxy groups -OCH3 is 1. The van der Waals surface area contributed by atoms with E-state index in [-0.39, 0.29) is 5.82 Å². The molecule has 1 aliphatic carbocycles. The van der Waals surface area contributed by atoms with Crippen LogP contribution in [0.1, 0.15) is 24.3 Å². The third-order valence-corrected chi connectivity index (χ3v) is 3.22. The van der Waals surface area contributed by atoms with Crippen molar-refractivity contribution >= 4 is 12.6 Å². The van der Waals surface area contributed by atoms with E-state index in [2.05, 4.69) is 12.6 Å². The monoisotopic (exact) mass is 212 g/mol. The van der Waals surface area contributed by atoms with E-state index < -0.39 is 0 Å². The van der Waals surface area contributed by atoms with Gasteiger partial charge in [0.15, 0.2) is 0 Å². The molecule has 0 unspecified atom stereocenters. The van der Waals surface area contributed by atoms with Crippen LogP contribution in [0.4, 0.5) is 4.39 Å². The van der Waals surface area contributed by atoms with E-state index in [1.54, 1.807) is 13.2 Å². The zero-order valence-electron chi connectivity index (χ0n) is 8.03. The van der Waals surface area contributed by atoms with Crippen molar-refractivity contribution in [2.24, 2.45) is 0 Å². The van der Waals surface area contributed by atoms with Gasteiger partial charge in [-0.05, 0) is 30.4 Å². The molecule has 1 aromatic carbocycles. The lowest BCUT2D eigenvalue weighted by Gasteiger charge is -2.34. The van der Waals surface area contributed by atoms with Gasteiger partial charge in [-0.3, -0.25) is 0 Å². The van der Waals surface area contributed by atoms with Gasteiger partial charge in [0.25, 0.3) is 0 Å². The first-order valence-corrected chi connectivity index (χ1v) is 5.17. The first-order chi connectivity index (χ1) is 6.72. The molecule has 1 fully saturated rings. The lowest BCUT2D eigenvalue weighted by molar-refractivity contribution is 0.0248. The van der Waals surface area contributed by atoms with Gasteiger partial charge in [0, 0.05) is 12.0 Å². The summed E-state index contributed by atoms with van der Waals surface area (Å²) >= 11 is 4.06. The standard InChI is InChI=1S/C11H13FOS/c1-13-8-5-7(6-8)9-3-2-4-10(14)11(9)12/h2-4,7-8,14H,5-6H2,1H3. The first-order valence-electron chi connectivity index (χ1n) is 4.72. The Bertz CT molecular complexity index is 334. The Hall–Kier alpha value is -0.540. The Morgan fingerprint density at radius 2 is 2.14 bits per heavy atom. The predicted octanol–water partition coefficient (Wildman–Crippen LogP) is 3.01. The third kappa shape index (κ3) is 1.66. The van der Waals surface area contributed by atoms with Gasteiger partial charge in [-0.25, -0.2) is 4.39 Å². The van der Waals surface area contributed by atoms with E-state index in [4.69, 9.17) is 4.74 Å². The van der Waals surface area contributed by atoms with Crippen molar-refractivity contribution in [3.05, 3.63) is 29.6 Å². The van der Waals surface area contributed by atoms with Gasteiger partial charge in [0.2, 0.25) is 0 Å². The highest BCUT2D eigenvalue weighted by molar-refractivity contribution is 7.80. The van der Waals surface area contributed by atoms with E-state index in [0.717, 1.165) is 18.4 Å². The topological polar surface area (TPSA) is 9.23 Å². The number of hydrogen-bond acceptors (Lipinski definition) is 2. The summed E-state index contributed by atoms with van der Waals surface area (Å²) in [4.78, 5) is 0.434. The van der Waals surface area contributed by atoms with Crippen molar-refractivity contribution in [2.45, 2.75) is 29.8 Å². The third-order valence-electron chi connectivity index (χ3n) is 2.88. The lowest BCUT2D eigenvalue weighted by atomic mass is 9.77. The number of thiol groups is 1. The molecule has 76 valence electrons. The first kappa shape index (κ1) is 9.99. The molecule has 2 rings (SSSR count). The van der Waals surface area contributed by atoms with Crippen LogP contribution in [0, 0.1) is 5.82 Å². The van der Waals surface area contributed by atoms with E-state index in [1.807, 2.05) is 12.1 Å². The summed E-state index contributed by atoms with van der Waals surface area (Å²) in [6.07, 6.45) is 2.15. The molecule has 0 atom stereocenters. The molecule has 0 aromatic heterocycles. The summed E-state index contributed by atoms with van der Waals surface area (Å²) in [5.74, 6) is 0.141. The Morgan fingerprint density at radius 3 is 2.79 bits per heavy atom. The quantitative estimate of drug-likeness (QED) is 0.741. The fraction of sp³-hybridized carbons (Fsp3) is 0.455. The van der Waals surface area contributed by atoms with E-state index in [1.165, 1.54) is 0 Å². The highest BCUT2D eigenvalue weighted by Gasteiger charge is 2.32. The molecule has 0 radical (unpaired) electrons. The van der Waals surface area contributed by atoms with Crippen LogP contribution in [-0.2, 0) is 4.74 Å². The van der Waals surface area contributed by atoms with Crippen LogP contribution in [0.15, 0.2) is 23.1 Å². The molecule has 0 N–H and O–H groups in total. The molecule has 0 bridgehead atoms. The van der Waals surface area contributed by atoms with Gasteiger partial charge in [-0.2, -0.15) is 0 Å². The average molecular weight is 212 g/mol. The van der Waals surface area contributed by atoms with Crippen molar-refractivity contribution in [1.82, 2.24) is 0 Å². The number of ether oxygens (including phenoxy) is 1. The molecule has 0 spiro atoms. The smallest absolute Gasteiger partial charge is 0.139 e. The Balaban J connectivity index is 2.14. The second-order valence-electron chi connectivity index (χ2n) is 3.71. The summed E-state index contributed by atoms with van der Waals surface area (Å²) in [6, 6.07) is 5.36. The molecule has 1 aliphatic rings. The van der Waals surface area contributed by atoms with E-state index in [9.17, 15) is 4.39 Å². The Morgan fingerprint density at radius 1 is 1.43 bits per heavy atom. The fourth-order valence-corrected chi connectivity index (χ4v) is 2.08. The van der Waals surface area contributed by atoms with Crippen molar-refractivity contribution < 1.29 is 9.13 Å². The molecule has 0 aliphatic heterocycles. The average Bonchev–Trinajstić information content (AvgIpc) is 2.10. The number of halogens is 1. The maximum atomic E-state index is 13.6. The zero-order chi connectivity index (χ0) is 10.1. The highest BCUT2D eigenvalue weighted by Crippen LogP contribution is 2.40. The zero-order valence-corrected chi connectivity index (χ0v) is 8.93. The summed E-state index contributed by atoms with van der Waals surface area (Å²) in [6.45, 7) is 0. The molecule has 0 heterocycles. The number of hydrogen-bond donors (Lipinski definition) is 1. The maximum Gasteiger partial charge on any atom is 0.139 e. The second kappa shape index (κ2) is 3.91. The summed E-state index contributed by atoms with van der Waals surface area (Å²) in [5.41, 5.74) is 0.783. The molecular formula is C11H13FOS. The molecule has 0 amide bonds. The van der Waals surface area contributed by atoms with Crippen molar-refractivity contribution in [2.75, 3.05) is 7.11 Å². The van der Waals surface area contributed by atoms with Crippen molar-refractivity contribution in [1.29, 1.82) is 0 Å². The second-order valence-corrected chi connectivity index (χ2v) is 4.19. The molecule has 0 saturated heterocycles. The van der Waals surface area contributed by atoms with E-state index in [0.29, 0.717) is 16.9 Å². The summed E-state index contributed by atoms with van der Waals surface area (Å²) in [7, 11) is 1.70. The fourth-order valence-electron chi connectivity index (χ4n) is 1.86. The largest absolute Gasteiger partial charge is 0.381 e. The Kier molecular flexibility index (Phi) is 2.79. The lowest BCUT2D eigenvalue weighted by Crippen LogP contribution is -2.29. The summed E-state index contributed by atoms with van der Waals surface area (Å²) in [5, 5.41) is 0. The molecule has 1 nitrogen and oxygen atoms in total. The van der Waals surface area contributed by atoms with Gasteiger partial charge in [-0.15, -0.1) is 12.6 Å². The molecule has 14 heavy (non-hydrogen) atoms. The van der Waals surface area contributed by atoms with Crippen LogP contribution in [0.25, 0.3) is 0 Å². The molecule has 1 aromatic rings. The van der Waals surface area contributed by atoms with Gasteiger partial charge >= 0.3 is 0 Å². The molecule has 3 heteroatoms. The van der Waals surface area contributed by atoms with Crippen LogP contribution < -0.4 is 0 Å². The number of benzene rings is 1.